The van der Waals surface area contributed by atoms with E-state index in [0.29, 0.717) is 19.8 Å². The Hall–Kier alpha value is -1.67. The Morgan fingerprint density at radius 3 is 2.77 bits per heavy atom. The summed E-state index contributed by atoms with van der Waals surface area (Å²) in [7, 11) is -3.61. The van der Waals surface area contributed by atoms with Crippen LogP contribution >= 0.6 is 0 Å². The zero-order valence-corrected chi connectivity index (χ0v) is 13.0. The highest BCUT2D eigenvalue weighted by Gasteiger charge is 2.52. The lowest BCUT2D eigenvalue weighted by Gasteiger charge is -2.36. The molecule has 1 aromatic rings. The van der Waals surface area contributed by atoms with E-state index in [4.69, 9.17) is 4.74 Å². The molecular weight excluding hydrogens is 311 g/mol. The molecule has 1 aliphatic heterocycles. The molecule has 0 atom stereocenters. The molecule has 1 saturated heterocycles. The predicted molar refractivity (Wildman–Crippen MR) is 78.7 cm³/mol. The monoisotopic (exact) mass is 328 g/mol. The maximum atomic E-state index is 13.7. The van der Waals surface area contributed by atoms with Crippen LogP contribution in [0, 0.1) is 5.82 Å². The van der Waals surface area contributed by atoms with Crippen LogP contribution in [0.25, 0.3) is 0 Å². The summed E-state index contributed by atoms with van der Waals surface area (Å²) in [6.45, 7) is 1.49. The van der Waals surface area contributed by atoms with E-state index in [1.54, 1.807) is 4.90 Å². The van der Waals surface area contributed by atoms with E-state index in [9.17, 15) is 17.6 Å². The summed E-state index contributed by atoms with van der Waals surface area (Å²) in [5, 5.41) is 0. The molecule has 0 unspecified atom stereocenters. The summed E-state index contributed by atoms with van der Waals surface area (Å²) in [5.74, 6) is -0.942. The molecule has 1 amide bonds. The maximum absolute atomic E-state index is 13.7. The fourth-order valence-corrected chi connectivity index (χ4v) is 3.26. The van der Waals surface area contributed by atoms with Gasteiger partial charge in [0.1, 0.15) is 5.82 Å². The predicted octanol–water partition coefficient (Wildman–Crippen LogP) is 1.20. The first-order chi connectivity index (χ1) is 10.3. The number of rotatable bonds is 3. The van der Waals surface area contributed by atoms with E-state index in [2.05, 4.69) is 4.72 Å². The lowest BCUT2D eigenvalue weighted by atomic mass is 10.1. The molecule has 3 rings (SSSR count). The average Bonchev–Trinajstić information content (AvgIpc) is 3.20. The van der Waals surface area contributed by atoms with Crippen molar-refractivity contribution in [2.75, 3.05) is 30.7 Å². The van der Waals surface area contributed by atoms with Crippen molar-refractivity contribution in [2.24, 2.45) is 0 Å². The molecule has 0 aromatic heterocycles. The number of ether oxygens (including phenoxy) is 1. The molecule has 120 valence electrons. The number of amides is 1. The summed E-state index contributed by atoms with van der Waals surface area (Å²) in [4.78, 5) is 14.4. The van der Waals surface area contributed by atoms with E-state index in [1.807, 2.05) is 0 Å². The maximum Gasteiger partial charge on any atom is 0.254 e. The Balaban J connectivity index is 1.88. The van der Waals surface area contributed by atoms with E-state index in [1.165, 1.54) is 12.1 Å². The Kier molecular flexibility index (Phi) is 3.60. The second kappa shape index (κ2) is 5.20. The van der Waals surface area contributed by atoms with Gasteiger partial charge in [0.05, 0.1) is 30.7 Å². The van der Waals surface area contributed by atoms with Crippen LogP contribution in [-0.4, -0.2) is 50.8 Å². The van der Waals surface area contributed by atoms with Crippen LogP contribution in [0.2, 0.25) is 0 Å². The van der Waals surface area contributed by atoms with Gasteiger partial charge in [-0.05, 0) is 31.0 Å². The van der Waals surface area contributed by atoms with Crippen molar-refractivity contribution in [1.29, 1.82) is 0 Å². The lowest BCUT2D eigenvalue weighted by molar-refractivity contribution is -0.0117. The normalized spacial score (nSPS) is 20.0. The van der Waals surface area contributed by atoms with E-state index in [-0.39, 0.29) is 22.7 Å². The van der Waals surface area contributed by atoms with Crippen LogP contribution in [0.1, 0.15) is 23.2 Å². The summed E-state index contributed by atoms with van der Waals surface area (Å²) in [6, 6.07) is 3.71. The minimum Gasteiger partial charge on any atom is -0.377 e. The molecule has 1 heterocycles. The first-order valence-corrected chi connectivity index (χ1v) is 8.87. The topological polar surface area (TPSA) is 75.7 Å². The smallest absolute Gasteiger partial charge is 0.254 e. The number of morpholine rings is 1. The lowest BCUT2D eigenvalue weighted by Crippen LogP contribution is -2.50. The highest BCUT2D eigenvalue weighted by molar-refractivity contribution is 7.92. The third-order valence-electron chi connectivity index (χ3n) is 3.98. The zero-order chi connectivity index (χ0) is 16.0. The molecule has 1 aromatic carbocycles. The number of benzene rings is 1. The number of nitrogens with zero attached hydrogens (tertiary/aromatic N) is 1. The number of sulfonamides is 1. The first kappa shape index (κ1) is 15.2. The Morgan fingerprint density at radius 1 is 1.41 bits per heavy atom. The Bertz CT molecular complexity index is 716. The van der Waals surface area contributed by atoms with E-state index < -0.39 is 15.8 Å². The van der Waals surface area contributed by atoms with Crippen molar-refractivity contribution >= 4 is 21.6 Å². The zero-order valence-electron chi connectivity index (χ0n) is 12.1. The van der Waals surface area contributed by atoms with Crippen LogP contribution in [0.4, 0.5) is 10.1 Å². The van der Waals surface area contributed by atoms with Crippen molar-refractivity contribution in [3.05, 3.63) is 29.6 Å². The summed E-state index contributed by atoms with van der Waals surface area (Å²) < 4.78 is 43.7. The standard InChI is InChI=1S/C14H17FN2O4S/c1-22(19,20)16-12-8-10(2-3-11(12)15)13(18)17-6-7-21-9-14(17)4-5-14/h2-3,8,16H,4-7,9H2,1H3. The van der Waals surface area contributed by atoms with Gasteiger partial charge in [-0.25, -0.2) is 12.8 Å². The molecular formula is C14H17FN2O4S. The molecule has 0 bridgehead atoms. The van der Waals surface area contributed by atoms with Gasteiger partial charge in [0, 0.05) is 12.1 Å². The summed E-state index contributed by atoms with van der Waals surface area (Å²) in [6.07, 6.45) is 2.73. The first-order valence-electron chi connectivity index (χ1n) is 6.98. The van der Waals surface area contributed by atoms with Crippen molar-refractivity contribution in [3.63, 3.8) is 0 Å². The minimum atomic E-state index is -3.61. The molecule has 22 heavy (non-hydrogen) atoms. The minimum absolute atomic E-state index is 0.216. The Labute approximate surface area is 128 Å². The van der Waals surface area contributed by atoms with Crippen molar-refractivity contribution < 1.29 is 22.3 Å². The average molecular weight is 328 g/mol. The SMILES string of the molecule is CS(=O)(=O)Nc1cc(C(=O)N2CCOCC23CC3)ccc1F. The third-order valence-corrected chi connectivity index (χ3v) is 4.57. The molecule has 1 saturated carbocycles. The number of carbonyl (C=O) groups excluding carboxylic acids is 1. The van der Waals surface area contributed by atoms with Crippen LogP contribution in [-0.2, 0) is 14.8 Å². The van der Waals surface area contributed by atoms with Crippen molar-refractivity contribution in [1.82, 2.24) is 4.90 Å². The molecule has 2 fully saturated rings. The fourth-order valence-electron chi connectivity index (χ4n) is 2.70. The number of nitrogens with one attached hydrogen (secondary N) is 1. The van der Waals surface area contributed by atoms with Crippen LogP contribution in [0.3, 0.4) is 0 Å². The molecule has 0 radical (unpaired) electrons. The highest BCUT2D eigenvalue weighted by Crippen LogP contribution is 2.44. The summed E-state index contributed by atoms with van der Waals surface area (Å²) in [5.41, 5.74) is -0.180. The largest absolute Gasteiger partial charge is 0.377 e. The van der Waals surface area contributed by atoms with Crippen LogP contribution in [0.15, 0.2) is 18.2 Å². The number of carbonyl (C=O) groups is 1. The van der Waals surface area contributed by atoms with Gasteiger partial charge in [-0.1, -0.05) is 0 Å². The van der Waals surface area contributed by atoms with Crippen LogP contribution < -0.4 is 4.72 Å². The van der Waals surface area contributed by atoms with Crippen molar-refractivity contribution in [3.8, 4) is 0 Å². The van der Waals surface area contributed by atoms with Gasteiger partial charge >= 0.3 is 0 Å². The van der Waals surface area contributed by atoms with Gasteiger partial charge in [0.15, 0.2) is 0 Å². The van der Waals surface area contributed by atoms with Crippen LogP contribution in [0.5, 0.6) is 0 Å². The van der Waals surface area contributed by atoms with E-state index in [0.717, 1.165) is 25.2 Å². The number of hydrogen-bond donors (Lipinski definition) is 1. The molecule has 2 aliphatic rings. The summed E-state index contributed by atoms with van der Waals surface area (Å²) >= 11 is 0. The van der Waals surface area contributed by atoms with Gasteiger partial charge < -0.3 is 9.64 Å². The number of anilines is 1. The molecule has 1 spiro atoms. The third kappa shape index (κ3) is 2.93. The second-order valence-corrected chi connectivity index (χ2v) is 7.55. The Morgan fingerprint density at radius 2 is 2.14 bits per heavy atom. The second-order valence-electron chi connectivity index (χ2n) is 5.80. The quantitative estimate of drug-likeness (QED) is 0.905. The van der Waals surface area contributed by atoms with Crippen molar-refractivity contribution in [2.45, 2.75) is 18.4 Å². The van der Waals surface area contributed by atoms with Gasteiger partial charge in [-0.3, -0.25) is 9.52 Å². The molecule has 1 aliphatic carbocycles. The number of hydrogen-bond acceptors (Lipinski definition) is 4. The molecule has 8 heteroatoms. The van der Waals surface area contributed by atoms with Gasteiger partial charge in [-0.15, -0.1) is 0 Å². The van der Waals surface area contributed by atoms with Gasteiger partial charge in [0.25, 0.3) is 5.91 Å². The number of halogens is 1. The van der Waals surface area contributed by atoms with Gasteiger partial charge in [-0.2, -0.15) is 0 Å². The van der Waals surface area contributed by atoms with Gasteiger partial charge in [0.2, 0.25) is 10.0 Å². The molecule has 1 N–H and O–H groups in total. The van der Waals surface area contributed by atoms with E-state index >= 15 is 0 Å². The highest BCUT2D eigenvalue weighted by atomic mass is 32.2. The molecule has 6 nitrogen and oxygen atoms in total. The fraction of sp³-hybridized carbons (Fsp3) is 0.500.